The van der Waals surface area contributed by atoms with Gasteiger partial charge in [0.2, 0.25) is 0 Å². The van der Waals surface area contributed by atoms with Crippen molar-refractivity contribution in [2.75, 3.05) is 20.6 Å². The third-order valence-electron chi connectivity index (χ3n) is 3.21. The van der Waals surface area contributed by atoms with Gasteiger partial charge in [0, 0.05) is 28.5 Å². The second-order valence-electron chi connectivity index (χ2n) is 5.17. The first kappa shape index (κ1) is 16.4. The van der Waals surface area contributed by atoms with Gasteiger partial charge in [0.15, 0.2) is 0 Å². The molecule has 4 nitrogen and oxygen atoms in total. The van der Waals surface area contributed by atoms with Crippen LogP contribution in [0.4, 0.5) is 4.79 Å². The molecule has 5 heteroatoms. The average molecular weight is 316 g/mol. The number of hydrogen-bond acceptors (Lipinski definition) is 4. The highest BCUT2D eigenvalue weighted by Crippen LogP contribution is 2.31. The summed E-state index contributed by atoms with van der Waals surface area (Å²) in [4.78, 5) is 17.9. The van der Waals surface area contributed by atoms with E-state index in [1.165, 1.54) is 6.08 Å². The molecule has 0 aliphatic carbocycles. The molecule has 2 rings (SSSR count). The van der Waals surface area contributed by atoms with Crippen molar-refractivity contribution in [2.24, 2.45) is 0 Å². The van der Waals surface area contributed by atoms with E-state index in [0.29, 0.717) is 10.7 Å². The van der Waals surface area contributed by atoms with E-state index in [1.807, 2.05) is 38.5 Å². The zero-order valence-electron chi connectivity index (χ0n) is 12.9. The van der Waals surface area contributed by atoms with E-state index in [9.17, 15) is 4.79 Å². The molecular weight excluding hydrogens is 296 g/mol. The molecule has 1 aromatic carbocycles. The van der Waals surface area contributed by atoms with Gasteiger partial charge < -0.3 is 14.6 Å². The van der Waals surface area contributed by atoms with Gasteiger partial charge in [-0.3, -0.25) is 0 Å². The number of likely N-dealkylation sites (N-methyl/N-ethyl adjacent to an activating group) is 1. The molecule has 0 saturated heterocycles. The molecule has 0 saturated carbocycles. The number of carbonyl (C=O) groups excluding carboxylic acids is 1. The Balaban J connectivity index is 2.25. The summed E-state index contributed by atoms with van der Waals surface area (Å²) >= 11 is 0.938. The molecule has 1 heterocycles. The van der Waals surface area contributed by atoms with E-state index in [0.717, 1.165) is 41.2 Å². The van der Waals surface area contributed by atoms with Crippen LogP contribution in [-0.4, -0.2) is 35.8 Å². The fourth-order valence-electron chi connectivity index (χ4n) is 2.11. The highest BCUT2D eigenvalue weighted by Gasteiger charge is 2.13. The number of hydrogen-bond donors (Lipinski definition) is 1. The molecule has 2 aromatic rings. The average Bonchev–Trinajstić information content (AvgIpc) is 2.89. The smallest absolute Gasteiger partial charge is 0.377 e. The third kappa shape index (κ3) is 4.02. The van der Waals surface area contributed by atoms with Crippen molar-refractivity contribution < 1.29 is 9.53 Å². The van der Waals surface area contributed by atoms with Crippen molar-refractivity contribution in [3.63, 3.8) is 0 Å². The Kier molecular flexibility index (Phi) is 5.46. The van der Waals surface area contributed by atoms with Crippen molar-refractivity contribution >= 4 is 28.0 Å². The standard InChI is InChI=1S/C17H20N2O2S/c1-5-12(2)22-17(20)21-15-8-6-7-14-16(15)13(11-18-14)9-10-19(3)4/h5-8,11,18H,1-2,9-10H2,3-4H3. The number of benzene rings is 1. The Morgan fingerprint density at radius 2 is 2.23 bits per heavy atom. The molecule has 1 N–H and O–H groups in total. The number of aromatic amines is 1. The van der Waals surface area contributed by atoms with Gasteiger partial charge in [-0.05, 0) is 50.0 Å². The Morgan fingerprint density at radius 3 is 2.91 bits per heavy atom. The first-order chi connectivity index (χ1) is 10.5. The zero-order chi connectivity index (χ0) is 16.1. The quantitative estimate of drug-likeness (QED) is 0.641. The second-order valence-corrected chi connectivity index (χ2v) is 6.23. The zero-order valence-corrected chi connectivity index (χ0v) is 13.7. The maximum Gasteiger partial charge on any atom is 0.377 e. The Hall–Kier alpha value is -1.98. The summed E-state index contributed by atoms with van der Waals surface area (Å²) in [5.41, 5.74) is 2.10. The molecule has 22 heavy (non-hydrogen) atoms. The number of thioether (sulfide) groups is 1. The summed E-state index contributed by atoms with van der Waals surface area (Å²) in [5.74, 6) is 0.571. The van der Waals surface area contributed by atoms with Crippen LogP contribution in [-0.2, 0) is 6.42 Å². The van der Waals surface area contributed by atoms with E-state index in [4.69, 9.17) is 4.74 Å². The minimum absolute atomic E-state index is 0.405. The summed E-state index contributed by atoms with van der Waals surface area (Å²) in [7, 11) is 4.07. The lowest BCUT2D eigenvalue weighted by Gasteiger charge is -2.10. The lowest BCUT2D eigenvalue weighted by Crippen LogP contribution is -2.15. The molecule has 0 unspecified atom stereocenters. The van der Waals surface area contributed by atoms with Crippen LogP contribution in [0.3, 0.4) is 0 Å². The minimum Gasteiger partial charge on any atom is -0.417 e. The summed E-state index contributed by atoms with van der Waals surface area (Å²) in [5, 5.41) is 0.555. The molecular formula is C17H20N2O2S. The van der Waals surface area contributed by atoms with Crippen LogP contribution < -0.4 is 4.74 Å². The summed E-state index contributed by atoms with van der Waals surface area (Å²) < 4.78 is 5.49. The number of nitrogens with zero attached hydrogens (tertiary/aromatic N) is 1. The highest BCUT2D eigenvalue weighted by atomic mass is 32.2. The molecule has 0 bridgehead atoms. The van der Waals surface area contributed by atoms with Crippen molar-refractivity contribution in [2.45, 2.75) is 6.42 Å². The van der Waals surface area contributed by atoms with Gasteiger partial charge in [0.1, 0.15) is 5.75 Å². The number of carbonyl (C=O) groups is 1. The lowest BCUT2D eigenvalue weighted by molar-refractivity contribution is 0.227. The van der Waals surface area contributed by atoms with Crippen LogP contribution in [0.25, 0.3) is 10.9 Å². The fourth-order valence-corrected chi connectivity index (χ4v) is 2.53. The third-order valence-corrected chi connectivity index (χ3v) is 3.89. The number of rotatable bonds is 6. The molecule has 0 aliphatic rings. The molecule has 0 spiro atoms. The van der Waals surface area contributed by atoms with E-state index in [1.54, 1.807) is 0 Å². The Bertz CT molecular complexity index is 704. The van der Waals surface area contributed by atoms with Gasteiger partial charge in [-0.1, -0.05) is 25.3 Å². The van der Waals surface area contributed by atoms with Crippen LogP contribution in [0.5, 0.6) is 5.75 Å². The Morgan fingerprint density at radius 1 is 1.45 bits per heavy atom. The van der Waals surface area contributed by atoms with Gasteiger partial charge in [-0.2, -0.15) is 0 Å². The van der Waals surface area contributed by atoms with E-state index >= 15 is 0 Å². The highest BCUT2D eigenvalue weighted by molar-refractivity contribution is 8.16. The van der Waals surface area contributed by atoms with Crippen LogP contribution >= 0.6 is 11.8 Å². The van der Waals surface area contributed by atoms with Gasteiger partial charge in [0.25, 0.3) is 0 Å². The van der Waals surface area contributed by atoms with Crippen molar-refractivity contribution in [1.29, 1.82) is 0 Å². The molecule has 1 aromatic heterocycles. The molecule has 0 amide bonds. The fraction of sp³-hybridized carbons (Fsp3) is 0.235. The number of allylic oxidation sites excluding steroid dienone is 1. The number of nitrogens with one attached hydrogen (secondary N) is 1. The Labute approximate surface area is 134 Å². The predicted octanol–water partition coefficient (Wildman–Crippen LogP) is 4.20. The predicted molar refractivity (Wildman–Crippen MR) is 93.5 cm³/mol. The maximum atomic E-state index is 11.9. The number of H-pyrrole nitrogens is 1. The molecule has 0 radical (unpaired) electrons. The SMILES string of the molecule is C=CC(=C)SC(=O)Oc1cccc2[nH]cc(CCN(C)C)c12. The largest absolute Gasteiger partial charge is 0.417 e. The van der Waals surface area contributed by atoms with Crippen molar-refractivity contribution in [3.8, 4) is 5.75 Å². The molecule has 0 fully saturated rings. The van der Waals surface area contributed by atoms with Crippen molar-refractivity contribution in [3.05, 3.63) is 54.1 Å². The first-order valence-electron chi connectivity index (χ1n) is 6.96. The lowest BCUT2D eigenvalue weighted by atomic mass is 10.1. The normalized spacial score (nSPS) is 10.9. The first-order valence-corrected chi connectivity index (χ1v) is 7.77. The van der Waals surface area contributed by atoms with Crippen LogP contribution in [0, 0.1) is 0 Å². The van der Waals surface area contributed by atoms with Gasteiger partial charge in [-0.15, -0.1) is 0 Å². The van der Waals surface area contributed by atoms with E-state index in [-0.39, 0.29) is 0 Å². The minimum atomic E-state index is -0.405. The van der Waals surface area contributed by atoms with Crippen LogP contribution in [0.1, 0.15) is 5.56 Å². The second kappa shape index (κ2) is 7.33. The molecule has 0 aliphatic heterocycles. The number of ether oxygens (including phenoxy) is 1. The van der Waals surface area contributed by atoms with Crippen LogP contribution in [0.2, 0.25) is 0 Å². The van der Waals surface area contributed by atoms with Gasteiger partial charge >= 0.3 is 5.30 Å². The molecule has 0 atom stereocenters. The molecule has 116 valence electrons. The maximum absolute atomic E-state index is 11.9. The van der Waals surface area contributed by atoms with Crippen molar-refractivity contribution in [1.82, 2.24) is 9.88 Å². The van der Waals surface area contributed by atoms with E-state index < -0.39 is 5.30 Å². The topological polar surface area (TPSA) is 45.3 Å². The summed E-state index contributed by atoms with van der Waals surface area (Å²) in [6, 6.07) is 5.65. The van der Waals surface area contributed by atoms with Crippen LogP contribution in [0.15, 0.2) is 48.5 Å². The number of fused-ring (bicyclic) bond motifs is 1. The summed E-state index contributed by atoms with van der Waals surface area (Å²) in [6.07, 6.45) is 4.39. The van der Waals surface area contributed by atoms with Gasteiger partial charge in [0.05, 0.1) is 0 Å². The monoisotopic (exact) mass is 316 g/mol. The van der Waals surface area contributed by atoms with Gasteiger partial charge in [-0.25, -0.2) is 4.79 Å². The van der Waals surface area contributed by atoms with E-state index in [2.05, 4.69) is 23.0 Å². The summed E-state index contributed by atoms with van der Waals surface area (Å²) in [6.45, 7) is 8.21. The number of aromatic nitrogens is 1.